The second-order valence-corrected chi connectivity index (χ2v) is 13.5. The maximum atomic E-state index is 9.71. The van der Waals surface area contributed by atoms with Crippen molar-refractivity contribution in [2.75, 3.05) is 0 Å². The van der Waals surface area contributed by atoms with Gasteiger partial charge in [-0.3, -0.25) is 0 Å². The minimum Gasteiger partial charge on any atom is -0.308 e. The molecule has 0 heterocycles. The molecule has 1 N–H and O–H groups in total. The summed E-state index contributed by atoms with van der Waals surface area (Å²) in [6, 6.07) is 2.43. The van der Waals surface area contributed by atoms with Gasteiger partial charge in [0, 0.05) is 29.9 Å². The molecule has 0 amide bonds. The number of hydrogen-bond acceptors (Lipinski definition) is 2. The molecule has 0 saturated heterocycles. The zero-order valence-electron chi connectivity index (χ0n) is 26.4. The number of nitrogens with zero attached hydrogens (tertiary/aromatic N) is 1. The summed E-state index contributed by atoms with van der Waals surface area (Å²) in [6.07, 6.45) is 51.3. The predicted molar refractivity (Wildman–Crippen MR) is 190 cm³/mol. The molecule has 0 aromatic rings. The molecule has 0 aromatic heterocycles. The van der Waals surface area contributed by atoms with E-state index in [2.05, 4.69) is 109 Å². The first kappa shape index (κ1) is 28.7. The average molecular weight is 597 g/mol. The molecule has 3 unspecified atom stereocenters. The molecule has 0 saturated carbocycles. The predicted octanol–water partition coefficient (Wildman–Crippen LogP) is 10.6. The van der Waals surface area contributed by atoms with E-state index in [-0.39, 0.29) is 0 Å². The summed E-state index contributed by atoms with van der Waals surface area (Å²) in [4.78, 5) is 0. The van der Waals surface area contributed by atoms with Gasteiger partial charge in [-0.25, -0.2) is 0 Å². The molecular formula is C44H40N2. The number of rotatable bonds is 5. The van der Waals surface area contributed by atoms with Crippen LogP contribution in [0.3, 0.4) is 0 Å². The second-order valence-electron chi connectivity index (χ2n) is 13.5. The SMILES string of the molecule is N#CC1=C(C2=CC=C(C3=CC4=C(C=C(C5=CC=C(C6=C(C=N)C=CCC6)CC5)[C@@H]5C=CC=CC45)C4C=CC=CC34)CC2)CCC=C1. The van der Waals surface area contributed by atoms with Crippen LogP contribution < -0.4 is 0 Å². The Bertz CT molecular complexity index is 1910. The van der Waals surface area contributed by atoms with Gasteiger partial charge in [0.2, 0.25) is 0 Å². The molecule has 226 valence electrons. The van der Waals surface area contributed by atoms with Crippen molar-refractivity contribution in [1.29, 1.82) is 10.7 Å². The first-order valence-corrected chi connectivity index (χ1v) is 17.1. The number of nitriles is 1. The van der Waals surface area contributed by atoms with Crippen LogP contribution in [0, 0.1) is 40.4 Å². The highest BCUT2D eigenvalue weighted by atomic mass is 14.4. The monoisotopic (exact) mass is 596 g/mol. The fourth-order valence-corrected chi connectivity index (χ4v) is 8.81. The third-order valence-corrected chi connectivity index (χ3v) is 11.1. The van der Waals surface area contributed by atoms with Crippen molar-refractivity contribution in [2.45, 2.75) is 51.4 Å². The number of allylic oxidation sites excluding steroid dienone is 30. The van der Waals surface area contributed by atoms with Gasteiger partial charge in [-0.15, -0.1) is 0 Å². The van der Waals surface area contributed by atoms with Crippen LogP contribution in [-0.4, -0.2) is 6.21 Å². The first-order valence-electron chi connectivity index (χ1n) is 17.1. The van der Waals surface area contributed by atoms with Crippen LogP contribution in [0.25, 0.3) is 0 Å². The normalized spacial score (nSPS) is 29.5. The lowest BCUT2D eigenvalue weighted by molar-refractivity contribution is 0.533. The Labute approximate surface area is 273 Å². The lowest BCUT2D eigenvalue weighted by atomic mass is 9.61. The highest BCUT2D eigenvalue weighted by Crippen LogP contribution is 2.52. The lowest BCUT2D eigenvalue weighted by Crippen LogP contribution is -2.31. The van der Waals surface area contributed by atoms with Crippen molar-refractivity contribution in [3.8, 4) is 6.07 Å². The van der Waals surface area contributed by atoms with Crippen molar-refractivity contribution < 1.29 is 0 Å². The maximum Gasteiger partial charge on any atom is 0.0994 e. The Hall–Kier alpha value is -4.74. The molecule has 8 rings (SSSR count). The van der Waals surface area contributed by atoms with E-state index in [1.165, 1.54) is 61.9 Å². The molecular weight excluding hydrogens is 556 g/mol. The number of fused-ring (bicyclic) bond motifs is 4. The average Bonchev–Trinajstić information content (AvgIpc) is 3.14. The van der Waals surface area contributed by atoms with Gasteiger partial charge in [-0.1, -0.05) is 103 Å². The molecule has 8 aliphatic rings. The molecule has 2 nitrogen and oxygen atoms in total. The quantitative estimate of drug-likeness (QED) is 0.315. The van der Waals surface area contributed by atoms with E-state index in [1.807, 2.05) is 6.08 Å². The van der Waals surface area contributed by atoms with E-state index in [4.69, 9.17) is 5.41 Å². The van der Waals surface area contributed by atoms with E-state index >= 15 is 0 Å². The Balaban J connectivity index is 1.18. The van der Waals surface area contributed by atoms with Crippen LogP contribution in [0.5, 0.6) is 0 Å². The summed E-state index contributed by atoms with van der Waals surface area (Å²) in [6.45, 7) is 0. The lowest BCUT2D eigenvalue weighted by Gasteiger charge is -2.42. The smallest absolute Gasteiger partial charge is 0.0994 e. The minimum atomic E-state index is 0.336. The van der Waals surface area contributed by atoms with Crippen LogP contribution >= 0.6 is 0 Å². The van der Waals surface area contributed by atoms with Crippen molar-refractivity contribution in [3.05, 3.63) is 176 Å². The van der Waals surface area contributed by atoms with Gasteiger partial charge in [0.1, 0.15) is 0 Å². The minimum absolute atomic E-state index is 0.336. The Morgan fingerprint density at radius 2 is 1.07 bits per heavy atom. The van der Waals surface area contributed by atoms with Gasteiger partial charge in [-0.05, 0) is 119 Å². The van der Waals surface area contributed by atoms with Crippen molar-refractivity contribution in [3.63, 3.8) is 0 Å². The molecule has 0 aromatic carbocycles. The van der Waals surface area contributed by atoms with Crippen LogP contribution in [-0.2, 0) is 0 Å². The Kier molecular flexibility index (Phi) is 7.63. The third kappa shape index (κ3) is 5.00. The molecule has 2 heteroatoms. The van der Waals surface area contributed by atoms with Gasteiger partial charge in [0.25, 0.3) is 0 Å². The van der Waals surface area contributed by atoms with Crippen molar-refractivity contribution in [2.24, 2.45) is 23.7 Å². The molecule has 0 bridgehead atoms. The topological polar surface area (TPSA) is 47.6 Å². The molecule has 0 spiro atoms. The van der Waals surface area contributed by atoms with Crippen LogP contribution in [0.2, 0.25) is 0 Å². The number of nitrogens with one attached hydrogen (secondary N) is 1. The second kappa shape index (κ2) is 12.2. The standard InChI is InChI=1S/C44H40N2/c45-27-33-9-1-3-11-35(33)29-17-21-31(22-18-29)41-25-43-40-16-8-6-14-38(40)42(26-44(43)39-15-7-5-13-37(39)41)32-23-19-30(20-24-32)36-12-4-2-10-34(36)28-46/h1-2,5-10,13-17,19,21,23,25-27,37-40,45H,3-4,11-12,18,20,22,24H2/t37-,38?,39?,40?/m1/s1. The van der Waals surface area contributed by atoms with Gasteiger partial charge in [-0.2, -0.15) is 5.26 Å². The summed E-state index contributed by atoms with van der Waals surface area (Å²) in [7, 11) is 0. The van der Waals surface area contributed by atoms with Gasteiger partial charge in [0.15, 0.2) is 0 Å². The number of hydrogen-bond donors (Lipinski definition) is 1. The first-order chi connectivity index (χ1) is 22.7. The molecule has 0 aliphatic heterocycles. The maximum absolute atomic E-state index is 9.71. The van der Waals surface area contributed by atoms with E-state index in [9.17, 15) is 5.26 Å². The molecule has 46 heavy (non-hydrogen) atoms. The van der Waals surface area contributed by atoms with Crippen LogP contribution in [0.15, 0.2) is 176 Å². The zero-order chi connectivity index (χ0) is 31.0. The van der Waals surface area contributed by atoms with Crippen LogP contribution in [0.4, 0.5) is 0 Å². The zero-order valence-corrected chi connectivity index (χ0v) is 26.4. The van der Waals surface area contributed by atoms with Crippen LogP contribution in [0.1, 0.15) is 51.4 Å². The van der Waals surface area contributed by atoms with Gasteiger partial charge >= 0.3 is 0 Å². The summed E-state index contributed by atoms with van der Waals surface area (Å²) in [5.74, 6) is 1.36. The van der Waals surface area contributed by atoms with Gasteiger partial charge in [0.05, 0.1) is 11.6 Å². The Morgan fingerprint density at radius 1 is 0.587 bits per heavy atom. The summed E-state index contributed by atoms with van der Waals surface area (Å²) >= 11 is 0. The van der Waals surface area contributed by atoms with E-state index in [0.29, 0.717) is 23.7 Å². The third-order valence-electron chi connectivity index (χ3n) is 11.1. The van der Waals surface area contributed by atoms with E-state index < -0.39 is 0 Å². The molecule has 0 radical (unpaired) electrons. The molecule has 0 fully saturated rings. The van der Waals surface area contributed by atoms with Crippen molar-refractivity contribution in [1.82, 2.24) is 0 Å². The highest BCUT2D eigenvalue weighted by Gasteiger charge is 2.40. The van der Waals surface area contributed by atoms with Gasteiger partial charge < -0.3 is 5.41 Å². The largest absolute Gasteiger partial charge is 0.308 e. The highest BCUT2D eigenvalue weighted by molar-refractivity contribution is 5.83. The summed E-state index contributed by atoms with van der Waals surface area (Å²) < 4.78 is 0. The molecule has 8 aliphatic carbocycles. The van der Waals surface area contributed by atoms with E-state index in [0.717, 1.165) is 62.5 Å². The van der Waals surface area contributed by atoms with E-state index in [1.54, 1.807) is 0 Å². The summed E-state index contributed by atoms with van der Waals surface area (Å²) in [5, 5.41) is 17.6. The molecule has 4 atom stereocenters. The summed E-state index contributed by atoms with van der Waals surface area (Å²) in [5.41, 5.74) is 16.1. The fourth-order valence-electron chi connectivity index (χ4n) is 8.81. The Morgan fingerprint density at radius 3 is 1.59 bits per heavy atom. The fraction of sp³-hybridized carbons (Fsp3) is 0.273. The van der Waals surface area contributed by atoms with Crippen molar-refractivity contribution >= 4 is 6.21 Å².